The zero-order valence-electron chi connectivity index (χ0n) is 9.22. The lowest BCUT2D eigenvalue weighted by Crippen LogP contribution is -2.11. The van der Waals surface area contributed by atoms with E-state index in [0.29, 0.717) is 15.0 Å². The number of hydrogen-bond donors (Lipinski definition) is 1. The number of nitrogens with one attached hydrogen (secondary N) is 1. The van der Waals surface area contributed by atoms with Gasteiger partial charge in [-0.2, -0.15) is 0 Å². The van der Waals surface area contributed by atoms with Crippen molar-refractivity contribution >= 4 is 56.1 Å². The average Bonchev–Trinajstić information content (AvgIpc) is 2.77. The van der Waals surface area contributed by atoms with Crippen molar-refractivity contribution < 1.29 is 9.72 Å². The molecule has 0 aliphatic heterocycles. The Morgan fingerprint density at radius 3 is 2.68 bits per heavy atom. The summed E-state index contributed by atoms with van der Waals surface area (Å²) in [6.45, 7) is 0. The van der Waals surface area contributed by atoms with Gasteiger partial charge in [-0.3, -0.25) is 14.9 Å². The molecule has 0 saturated heterocycles. The van der Waals surface area contributed by atoms with Crippen LogP contribution in [0.15, 0.2) is 34.1 Å². The van der Waals surface area contributed by atoms with Crippen LogP contribution < -0.4 is 5.32 Å². The summed E-state index contributed by atoms with van der Waals surface area (Å²) in [4.78, 5) is 22.5. The van der Waals surface area contributed by atoms with Crippen LogP contribution in [0.3, 0.4) is 0 Å². The Hall–Kier alpha value is -1.44. The number of nitrogens with zero attached hydrogens (tertiary/aromatic N) is 1. The number of anilines is 1. The van der Waals surface area contributed by atoms with Crippen LogP contribution in [0.4, 0.5) is 11.4 Å². The number of carbonyl (C=O) groups excluding carboxylic acids is 1. The van der Waals surface area contributed by atoms with Crippen molar-refractivity contribution in [1.29, 1.82) is 0 Å². The van der Waals surface area contributed by atoms with Gasteiger partial charge in [-0.15, -0.1) is 11.3 Å². The second-order valence-electron chi connectivity index (χ2n) is 3.47. The molecule has 0 aliphatic rings. The minimum atomic E-state index is -0.548. The summed E-state index contributed by atoms with van der Waals surface area (Å²) in [6, 6.07) is 5.64. The number of non-ortho nitro benzene ring substituents is 1. The van der Waals surface area contributed by atoms with E-state index in [-0.39, 0.29) is 16.6 Å². The van der Waals surface area contributed by atoms with Crippen molar-refractivity contribution in [3.63, 3.8) is 0 Å². The number of halogens is 2. The molecule has 0 spiro atoms. The van der Waals surface area contributed by atoms with Gasteiger partial charge in [0.05, 0.1) is 15.6 Å². The van der Waals surface area contributed by atoms with E-state index >= 15 is 0 Å². The monoisotopic (exact) mass is 360 g/mol. The predicted octanol–water partition coefficient (Wildman–Crippen LogP) is 4.32. The number of rotatable bonds is 3. The van der Waals surface area contributed by atoms with E-state index in [2.05, 4.69) is 21.2 Å². The van der Waals surface area contributed by atoms with Crippen LogP contribution in [0.5, 0.6) is 0 Å². The Balaban J connectivity index is 2.23. The van der Waals surface area contributed by atoms with Gasteiger partial charge in [-0.1, -0.05) is 11.6 Å². The quantitative estimate of drug-likeness (QED) is 0.653. The van der Waals surface area contributed by atoms with E-state index in [0.717, 1.165) is 0 Å². The first kappa shape index (κ1) is 14.0. The van der Waals surface area contributed by atoms with E-state index in [1.165, 1.54) is 29.5 Å². The van der Waals surface area contributed by atoms with Crippen LogP contribution in [0, 0.1) is 10.1 Å². The third kappa shape index (κ3) is 3.12. The van der Waals surface area contributed by atoms with Crippen LogP contribution >= 0.6 is 38.9 Å². The van der Waals surface area contributed by atoms with Gasteiger partial charge in [0, 0.05) is 16.6 Å². The maximum Gasteiger partial charge on any atom is 0.271 e. The van der Waals surface area contributed by atoms with Crippen molar-refractivity contribution in [2.45, 2.75) is 0 Å². The fourth-order valence-corrected chi connectivity index (χ4v) is 3.02. The van der Waals surface area contributed by atoms with E-state index in [4.69, 9.17) is 11.6 Å². The van der Waals surface area contributed by atoms with Gasteiger partial charge in [0.1, 0.15) is 4.88 Å². The van der Waals surface area contributed by atoms with Crippen LogP contribution in [-0.4, -0.2) is 10.8 Å². The molecule has 19 heavy (non-hydrogen) atoms. The number of hydrogen-bond acceptors (Lipinski definition) is 4. The molecule has 2 aromatic rings. The van der Waals surface area contributed by atoms with Gasteiger partial charge in [0.15, 0.2) is 0 Å². The van der Waals surface area contributed by atoms with E-state index in [1.54, 1.807) is 11.4 Å². The normalized spacial score (nSPS) is 10.2. The van der Waals surface area contributed by atoms with Crippen LogP contribution in [0.2, 0.25) is 5.02 Å². The molecule has 0 aliphatic carbocycles. The van der Waals surface area contributed by atoms with Crippen LogP contribution in [0.25, 0.3) is 0 Å². The lowest BCUT2D eigenvalue weighted by molar-refractivity contribution is -0.384. The molecule has 2 rings (SSSR count). The second-order valence-corrected chi connectivity index (χ2v) is 5.65. The van der Waals surface area contributed by atoms with Crippen molar-refractivity contribution in [1.82, 2.24) is 0 Å². The molecule has 0 saturated carbocycles. The molecule has 1 amide bonds. The predicted molar refractivity (Wildman–Crippen MR) is 78.1 cm³/mol. The van der Waals surface area contributed by atoms with Crippen molar-refractivity contribution in [3.8, 4) is 0 Å². The molecule has 0 fully saturated rings. The highest BCUT2D eigenvalue weighted by Crippen LogP contribution is 2.29. The van der Waals surface area contributed by atoms with Crippen molar-refractivity contribution in [2.24, 2.45) is 0 Å². The summed E-state index contributed by atoms with van der Waals surface area (Å²) < 4.78 is 0.688. The zero-order valence-corrected chi connectivity index (χ0v) is 12.4. The molecule has 0 bridgehead atoms. The lowest BCUT2D eigenvalue weighted by Gasteiger charge is -2.06. The number of nitro benzene ring substituents is 1. The van der Waals surface area contributed by atoms with Crippen molar-refractivity contribution in [3.05, 3.63) is 54.1 Å². The molecule has 1 aromatic heterocycles. The highest BCUT2D eigenvalue weighted by Gasteiger charge is 2.15. The largest absolute Gasteiger partial charge is 0.320 e. The molecule has 0 atom stereocenters. The fraction of sp³-hybridized carbons (Fsp3) is 0. The summed E-state index contributed by atoms with van der Waals surface area (Å²) in [7, 11) is 0. The third-order valence-corrected chi connectivity index (χ3v) is 4.38. The molecule has 0 radical (unpaired) electrons. The maximum absolute atomic E-state index is 11.9. The zero-order chi connectivity index (χ0) is 14.0. The number of nitro groups is 1. The lowest BCUT2D eigenvalue weighted by atomic mass is 10.2. The van der Waals surface area contributed by atoms with Gasteiger partial charge < -0.3 is 5.32 Å². The first-order chi connectivity index (χ1) is 8.99. The highest BCUT2D eigenvalue weighted by atomic mass is 79.9. The molecule has 98 valence electrons. The SMILES string of the molecule is O=C(Nc1ccc([N+](=O)[O-])cc1Cl)c1sccc1Br. The summed E-state index contributed by atoms with van der Waals surface area (Å²) >= 11 is 10.4. The molecule has 1 heterocycles. The summed E-state index contributed by atoms with van der Waals surface area (Å²) in [6.07, 6.45) is 0. The molecule has 8 heteroatoms. The maximum atomic E-state index is 11.9. The molecule has 1 N–H and O–H groups in total. The standard InChI is InChI=1S/C11H6BrClN2O3S/c12-7-3-4-19-10(7)11(16)14-9-2-1-6(15(17)18)5-8(9)13/h1-5H,(H,14,16). The number of thiophene rings is 1. The highest BCUT2D eigenvalue weighted by molar-refractivity contribution is 9.10. The number of benzene rings is 1. The molecule has 0 unspecified atom stereocenters. The van der Waals surface area contributed by atoms with Gasteiger partial charge >= 0.3 is 0 Å². The Kier molecular flexibility index (Phi) is 4.18. The number of amides is 1. The molecule has 1 aromatic carbocycles. The Bertz CT molecular complexity index is 659. The summed E-state index contributed by atoms with van der Waals surface area (Å²) in [5.41, 5.74) is 0.206. The van der Waals surface area contributed by atoms with Crippen molar-refractivity contribution in [2.75, 3.05) is 5.32 Å². The summed E-state index contributed by atoms with van der Waals surface area (Å²) in [5, 5.41) is 15.1. The molecular weight excluding hydrogens is 356 g/mol. The Morgan fingerprint density at radius 1 is 1.42 bits per heavy atom. The van der Waals surface area contributed by atoms with Gasteiger partial charge in [0.2, 0.25) is 0 Å². The summed E-state index contributed by atoms with van der Waals surface area (Å²) in [5.74, 6) is -0.322. The van der Waals surface area contributed by atoms with Gasteiger partial charge in [0.25, 0.3) is 11.6 Å². The average molecular weight is 362 g/mol. The van der Waals surface area contributed by atoms with Crippen LogP contribution in [0.1, 0.15) is 9.67 Å². The number of carbonyl (C=O) groups is 1. The minimum Gasteiger partial charge on any atom is -0.320 e. The van der Waals surface area contributed by atoms with E-state index in [9.17, 15) is 14.9 Å². The van der Waals surface area contributed by atoms with Gasteiger partial charge in [-0.25, -0.2) is 0 Å². The smallest absolute Gasteiger partial charge is 0.271 e. The van der Waals surface area contributed by atoms with Gasteiger partial charge in [-0.05, 0) is 33.4 Å². The molecule has 5 nitrogen and oxygen atoms in total. The Morgan fingerprint density at radius 2 is 2.16 bits per heavy atom. The first-order valence-electron chi connectivity index (χ1n) is 4.97. The van der Waals surface area contributed by atoms with E-state index in [1.807, 2.05) is 0 Å². The van der Waals surface area contributed by atoms with Crippen LogP contribution in [-0.2, 0) is 0 Å². The topological polar surface area (TPSA) is 72.2 Å². The third-order valence-electron chi connectivity index (χ3n) is 2.24. The molecular formula is C11H6BrClN2O3S. The first-order valence-corrected chi connectivity index (χ1v) is 7.02. The second kappa shape index (κ2) is 5.68. The fourth-order valence-electron chi connectivity index (χ4n) is 1.35. The Labute approximate surface area is 125 Å². The minimum absolute atomic E-state index is 0.121. The van der Waals surface area contributed by atoms with E-state index < -0.39 is 4.92 Å².